The van der Waals surface area contributed by atoms with E-state index in [1.54, 1.807) is 18.2 Å². The molecule has 0 spiro atoms. The van der Waals surface area contributed by atoms with E-state index in [4.69, 9.17) is 9.47 Å². The third-order valence-corrected chi connectivity index (χ3v) is 3.61. The molecule has 0 amide bonds. The Bertz CT molecular complexity index is 673. The quantitative estimate of drug-likeness (QED) is 0.920. The van der Waals surface area contributed by atoms with Gasteiger partial charge in [-0.25, -0.2) is 8.78 Å². The normalized spacial score (nSPS) is 20.6. The van der Waals surface area contributed by atoms with E-state index in [1.165, 1.54) is 19.2 Å². The summed E-state index contributed by atoms with van der Waals surface area (Å²) in [6, 6.07) is 8.98. The highest BCUT2D eigenvalue weighted by Gasteiger charge is 2.30. The molecule has 21 heavy (non-hydrogen) atoms. The molecular formula is C16H14F2O3. The number of fused-ring (bicyclic) bond motifs is 1. The molecule has 2 atom stereocenters. The summed E-state index contributed by atoms with van der Waals surface area (Å²) in [6.45, 7) is 0. The van der Waals surface area contributed by atoms with Gasteiger partial charge in [0.05, 0.1) is 13.2 Å². The first-order chi connectivity index (χ1) is 10.1. The molecule has 2 aromatic rings. The summed E-state index contributed by atoms with van der Waals surface area (Å²) in [5.74, 6) is -0.883. The van der Waals surface area contributed by atoms with Crippen LogP contribution in [0.2, 0.25) is 0 Å². The third kappa shape index (κ3) is 2.45. The van der Waals surface area contributed by atoms with Crippen molar-refractivity contribution >= 4 is 0 Å². The smallest absolute Gasteiger partial charge is 0.165 e. The van der Waals surface area contributed by atoms with Crippen LogP contribution in [0.15, 0.2) is 36.4 Å². The maximum absolute atomic E-state index is 13.9. The average Bonchev–Trinajstić information content (AvgIpc) is 2.49. The molecule has 1 N–H and O–H groups in total. The fraction of sp³-hybridized carbons (Fsp3) is 0.250. The second-order valence-electron chi connectivity index (χ2n) is 4.90. The Labute approximate surface area is 120 Å². The van der Waals surface area contributed by atoms with Crippen molar-refractivity contribution < 1.29 is 23.4 Å². The second-order valence-corrected chi connectivity index (χ2v) is 4.90. The number of hydrogen-bond donors (Lipinski definition) is 1. The van der Waals surface area contributed by atoms with Crippen molar-refractivity contribution in [2.24, 2.45) is 0 Å². The van der Waals surface area contributed by atoms with Crippen LogP contribution in [0.25, 0.3) is 0 Å². The predicted molar refractivity (Wildman–Crippen MR) is 72.3 cm³/mol. The SMILES string of the molecule is COc1ccc2c(c1)OC(c1cccc(F)c1F)C[C@H]2O. The van der Waals surface area contributed by atoms with Gasteiger partial charge in [-0.1, -0.05) is 12.1 Å². The number of aliphatic hydroxyl groups is 1. The van der Waals surface area contributed by atoms with Crippen molar-refractivity contribution in [2.75, 3.05) is 7.11 Å². The van der Waals surface area contributed by atoms with Crippen LogP contribution in [0.5, 0.6) is 11.5 Å². The highest BCUT2D eigenvalue weighted by Crippen LogP contribution is 2.42. The lowest BCUT2D eigenvalue weighted by atomic mass is 9.94. The number of rotatable bonds is 2. The zero-order valence-corrected chi connectivity index (χ0v) is 11.3. The zero-order valence-electron chi connectivity index (χ0n) is 11.3. The third-order valence-electron chi connectivity index (χ3n) is 3.61. The molecule has 0 aliphatic carbocycles. The predicted octanol–water partition coefficient (Wildman–Crippen LogP) is 3.53. The summed E-state index contributed by atoms with van der Waals surface area (Å²) in [5.41, 5.74) is 0.714. The Balaban J connectivity index is 1.99. The molecule has 0 saturated heterocycles. The van der Waals surface area contributed by atoms with E-state index < -0.39 is 23.8 Å². The van der Waals surface area contributed by atoms with Crippen LogP contribution in [0.4, 0.5) is 8.78 Å². The minimum absolute atomic E-state index is 0.0996. The zero-order chi connectivity index (χ0) is 15.0. The van der Waals surface area contributed by atoms with Crippen molar-refractivity contribution in [3.05, 3.63) is 59.2 Å². The van der Waals surface area contributed by atoms with E-state index in [1.807, 2.05) is 0 Å². The maximum Gasteiger partial charge on any atom is 0.165 e. The summed E-state index contributed by atoms with van der Waals surface area (Å²) in [5, 5.41) is 10.2. The standard InChI is InChI=1S/C16H14F2O3/c1-20-9-5-6-10-13(19)8-15(21-14(10)7-9)11-3-2-4-12(17)16(11)18/h2-7,13,15,19H,8H2,1H3/t13-,15?/m1/s1. The van der Waals surface area contributed by atoms with Crippen LogP contribution in [0, 0.1) is 11.6 Å². The molecule has 0 aromatic heterocycles. The van der Waals surface area contributed by atoms with Gasteiger partial charge in [0.1, 0.15) is 17.6 Å². The van der Waals surface area contributed by atoms with E-state index in [0.29, 0.717) is 17.1 Å². The van der Waals surface area contributed by atoms with Gasteiger partial charge in [-0.15, -0.1) is 0 Å². The molecule has 2 aromatic carbocycles. The lowest BCUT2D eigenvalue weighted by Crippen LogP contribution is -2.20. The van der Waals surface area contributed by atoms with Gasteiger partial charge in [-0.2, -0.15) is 0 Å². The molecule has 3 nitrogen and oxygen atoms in total. The van der Waals surface area contributed by atoms with Crippen molar-refractivity contribution in [1.29, 1.82) is 0 Å². The summed E-state index contributed by atoms with van der Waals surface area (Å²) >= 11 is 0. The van der Waals surface area contributed by atoms with E-state index in [-0.39, 0.29) is 12.0 Å². The molecule has 1 heterocycles. The molecule has 1 unspecified atom stereocenters. The number of aliphatic hydroxyl groups excluding tert-OH is 1. The minimum Gasteiger partial charge on any atom is -0.497 e. The van der Waals surface area contributed by atoms with Gasteiger partial charge in [-0.05, 0) is 18.2 Å². The molecular weight excluding hydrogens is 278 g/mol. The molecule has 0 radical (unpaired) electrons. The van der Waals surface area contributed by atoms with E-state index >= 15 is 0 Å². The van der Waals surface area contributed by atoms with Crippen LogP contribution in [0.1, 0.15) is 29.8 Å². The van der Waals surface area contributed by atoms with Crippen molar-refractivity contribution in [1.82, 2.24) is 0 Å². The lowest BCUT2D eigenvalue weighted by molar-refractivity contribution is 0.0634. The number of hydrogen-bond acceptors (Lipinski definition) is 3. The molecule has 110 valence electrons. The number of halogens is 2. The monoisotopic (exact) mass is 292 g/mol. The van der Waals surface area contributed by atoms with Crippen LogP contribution >= 0.6 is 0 Å². The second kappa shape index (κ2) is 5.33. The summed E-state index contributed by atoms with van der Waals surface area (Å²) in [4.78, 5) is 0. The molecule has 1 aliphatic heterocycles. The highest BCUT2D eigenvalue weighted by molar-refractivity contribution is 5.44. The Morgan fingerprint density at radius 2 is 2.00 bits per heavy atom. The lowest BCUT2D eigenvalue weighted by Gasteiger charge is -2.30. The Hall–Kier alpha value is -2.14. The van der Waals surface area contributed by atoms with Gasteiger partial charge < -0.3 is 14.6 Å². The molecule has 0 bridgehead atoms. The van der Waals surface area contributed by atoms with E-state index in [2.05, 4.69) is 0 Å². The largest absolute Gasteiger partial charge is 0.497 e. The van der Waals surface area contributed by atoms with Gasteiger partial charge in [0.25, 0.3) is 0 Å². The van der Waals surface area contributed by atoms with Crippen LogP contribution < -0.4 is 9.47 Å². The first-order valence-corrected chi connectivity index (χ1v) is 6.56. The topological polar surface area (TPSA) is 38.7 Å². The Morgan fingerprint density at radius 1 is 1.19 bits per heavy atom. The average molecular weight is 292 g/mol. The molecule has 1 aliphatic rings. The van der Waals surface area contributed by atoms with Crippen molar-refractivity contribution in [3.63, 3.8) is 0 Å². The molecule has 3 rings (SSSR count). The first-order valence-electron chi connectivity index (χ1n) is 6.56. The van der Waals surface area contributed by atoms with Crippen LogP contribution in [-0.2, 0) is 0 Å². The van der Waals surface area contributed by atoms with Crippen LogP contribution in [0.3, 0.4) is 0 Å². The summed E-state index contributed by atoms with van der Waals surface area (Å²) in [7, 11) is 1.52. The van der Waals surface area contributed by atoms with E-state index in [0.717, 1.165) is 6.07 Å². The van der Waals surface area contributed by atoms with E-state index in [9.17, 15) is 13.9 Å². The maximum atomic E-state index is 13.9. The molecule has 0 fully saturated rings. The number of methoxy groups -OCH3 is 1. The van der Waals surface area contributed by atoms with Gasteiger partial charge in [-0.3, -0.25) is 0 Å². The molecule has 5 heteroatoms. The number of ether oxygens (including phenoxy) is 2. The fourth-order valence-electron chi connectivity index (χ4n) is 2.51. The Morgan fingerprint density at radius 3 is 2.76 bits per heavy atom. The summed E-state index contributed by atoms with van der Waals surface area (Å²) < 4.78 is 38.0. The Kier molecular flexibility index (Phi) is 3.51. The highest BCUT2D eigenvalue weighted by atomic mass is 19.2. The number of benzene rings is 2. The fourth-order valence-corrected chi connectivity index (χ4v) is 2.51. The van der Waals surface area contributed by atoms with Crippen molar-refractivity contribution in [2.45, 2.75) is 18.6 Å². The van der Waals surface area contributed by atoms with Gasteiger partial charge in [0.2, 0.25) is 0 Å². The van der Waals surface area contributed by atoms with Crippen molar-refractivity contribution in [3.8, 4) is 11.5 Å². The van der Waals surface area contributed by atoms with Crippen LogP contribution in [-0.4, -0.2) is 12.2 Å². The van der Waals surface area contributed by atoms with Gasteiger partial charge in [0, 0.05) is 23.6 Å². The summed E-state index contributed by atoms with van der Waals surface area (Å²) in [6.07, 6.45) is -1.37. The minimum atomic E-state index is -0.943. The van der Waals surface area contributed by atoms with Gasteiger partial charge in [0.15, 0.2) is 11.6 Å². The first kappa shape index (κ1) is 13.8. The molecule has 0 saturated carbocycles. The van der Waals surface area contributed by atoms with Gasteiger partial charge >= 0.3 is 0 Å².